The molecule has 1 amide bonds. The highest BCUT2D eigenvalue weighted by Gasteiger charge is 2.09. The van der Waals surface area contributed by atoms with Crippen LogP contribution in [0.3, 0.4) is 0 Å². The zero-order valence-electron chi connectivity index (χ0n) is 14.4. The lowest BCUT2D eigenvalue weighted by Gasteiger charge is -2.17. The fourth-order valence-electron chi connectivity index (χ4n) is 2.40. The van der Waals surface area contributed by atoms with Gasteiger partial charge in [-0.05, 0) is 43.3 Å². The molecule has 0 aliphatic rings. The van der Waals surface area contributed by atoms with Crippen LogP contribution in [0.15, 0.2) is 48.5 Å². The third-order valence-corrected chi connectivity index (χ3v) is 3.70. The smallest absolute Gasteiger partial charge is 0.238 e. The van der Waals surface area contributed by atoms with Crippen LogP contribution in [0, 0.1) is 0 Å². The monoisotopic (exact) mass is 328 g/mol. The van der Waals surface area contributed by atoms with Gasteiger partial charge in [0.1, 0.15) is 0 Å². The molecule has 0 fully saturated rings. The Morgan fingerprint density at radius 3 is 2.42 bits per heavy atom. The molecule has 0 saturated carbocycles. The van der Waals surface area contributed by atoms with Gasteiger partial charge in [-0.15, -0.1) is 0 Å². The molecule has 0 bridgehead atoms. The summed E-state index contributed by atoms with van der Waals surface area (Å²) in [7, 11) is 5.18. The number of para-hydroxylation sites is 1. The Labute approximate surface area is 143 Å². The predicted molar refractivity (Wildman–Crippen MR) is 95.8 cm³/mol. The van der Waals surface area contributed by atoms with Gasteiger partial charge in [-0.1, -0.05) is 24.3 Å². The van der Waals surface area contributed by atoms with E-state index in [1.165, 1.54) is 0 Å². The second-order valence-corrected chi connectivity index (χ2v) is 5.59. The summed E-state index contributed by atoms with van der Waals surface area (Å²) in [4.78, 5) is 14.0. The summed E-state index contributed by atoms with van der Waals surface area (Å²) in [5.41, 5.74) is 1.96. The summed E-state index contributed by atoms with van der Waals surface area (Å²) in [6, 6.07) is 15.4. The lowest BCUT2D eigenvalue weighted by Crippen LogP contribution is -2.31. The van der Waals surface area contributed by atoms with Gasteiger partial charge >= 0.3 is 0 Å². The Balaban J connectivity index is 1.82. The lowest BCUT2D eigenvalue weighted by molar-refractivity contribution is -0.117. The van der Waals surface area contributed by atoms with Crippen LogP contribution in [0.4, 0.5) is 5.69 Å². The van der Waals surface area contributed by atoms with E-state index in [4.69, 9.17) is 9.47 Å². The molecule has 0 atom stereocenters. The number of nitrogens with zero attached hydrogens (tertiary/aromatic N) is 1. The largest absolute Gasteiger partial charge is 0.493 e. The molecule has 0 saturated heterocycles. The first-order chi connectivity index (χ1) is 11.6. The van der Waals surface area contributed by atoms with Gasteiger partial charge in [-0.25, -0.2) is 0 Å². The van der Waals surface area contributed by atoms with Crippen molar-refractivity contribution in [3.05, 3.63) is 54.1 Å². The van der Waals surface area contributed by atoms with E-state index in [2.05, 4.69) is 5.32 Å². The average Bonchev–Trinajstić information content (AvgIpc) is 2.60. The molecule has 0 heterocycles. The van der Waals surface area contributed by atoms with Gasteiger partial charge in [-0.3, -0.25) is 9.69 Å². The van der Waals surface area contributed by atoms with E-state index < -0.39 is 0 Å². The van der Waals surface area contributed by atoms with Crippen LogP contribution in [0.25, 0.3) is 0 Å². The maximum Gasteiger partial charge on any atom is 0.238 e. The molecule has 0 radical (unpaired) electrons. The molecular formula is C19H24N2O3. The van der Waals surface area contributed by atoms with Crippen LogP contribution in [0.1, 0.15) is 5.56 Å². The van der Waals surface area contributed by atoms with Gasteiger partial charge in [0.25, 0.3) is 0 Å². The van der Waals surface area contributed by atoms with E-state index in [0.29, 0.717) is 6.54 Å². The number of rotatable bonds is 8. The SMILES string of the molecule is COc1ccc(CCN(C)CC(=O)Nc2ccccc2)cc1OC. The third-order valence-electron chi connectivity index (χ3n) is 3.70. The zero-order chi connectivity index (χ0) is 17.4. The molecule has 0 unspecified atom stereocenters. The molecule has 5 heteroatoms. The fraction of sp³-hybridized carbons (Fsp3) is 0.316. The van der Waals surface area contributed by atoms with Crippen molar-refractivity contribution < 1.29 is 14.3 Å². The molecule has 0 spiro atoms. The second kappa shape index (κ2) is 8.93. The topological polar surface area (TPSA) is 50.8 Å². The molecule has 2 rings (SSSR count). The maximum absolute atomic E-state index is 12.0. The van der Waals surface area contributed by atoms with Gasteiger partial charge in [0.15, 0.2) is 11.5 Å². The summed E-state index contributed by atoms with van der Waals surface area (Å²) in [5.74, 6) is 1.42. The number of carbonyl (C=O) groups excluding carboxylic acids is 1. The van der Waals surface area contributed by atoms with Crippen LogP contribution in [0.5, 0.6) is 11.5 Å². The third kappa shape index (κ3) is 5.28. The Kier molecular flexibility index (Phi) is 6.63. The molecule has 24 heavy (non-hydrogen) atoms. The van der Waals surface area contributed by atoms with E-state index in [1.807, 2.05) is 60.5 Å². The number of nitrogens with one attached hydrogen (secondary N) is 1. The minimum Gasteiger partial charge on any atom is -0.493 e. The number of likely N-dealkylation sites (N-methyl/N-ethyl adjacent to an activating group) is 1. The highest BCUT2D eigenvalue weighted by Crippen LogP contribution is 2.27. The molecule has 0 aromatic heterocycles. The minimum atomic E-state index is -0.0176. The van der Waals surface area contributed by atoms with Crippen LogP contribution < -0.4 is 14.8 Å². The van der Waals surface area contributed by atoms with Crippen molar-refractivity contribution in [2.75, 3.05) is 39.7 Å². The molecule has 0 aliphatic heterocycles. The number of carbonyl (C=O) groups is 1. The second-order valence-electron chi connectivity index (χ2n) is 5.59. The van der Waals surface area contributed by atoms with Crippen molar-refractivity contribution in [3.8, 4) is 11.5 Å². The minimum absolute atomic E-state index is 0.0176. The highest BCUT2D eigenvalue weighted by atomic mass is 16.5. The number of ether oxygens (including phenoxy) is 2. The van der Waals surface area contributed by atoms with E-state index in [-0.39, 0.29) is 5.91 Å². The van der Waals surface area contributed by atoms with Crippen LogP contribution in [-0.2, 0) is 11.2 Å². The zero-order valence-corrected chi connectivity index (χ0v) is 14.4. The number of anilines is 1. The fourth-order valence-corrected chi connectivity index (χ4v) is 2.40. The molecule has 0 aliphatic carbocycles. The van der Waals surface area contributed by atoms with Crippen LogP contribution in [0.2, 0.25) is 0 Å². The summed E-state index contributed by atoms with van der Waals surface area (Å²) in [6.07, 6.45) is 0.829. The maximum atomic E-state index is 12.0. The number of hydrogen-bond donors (Lipinski definition) is 1. The Bertz CT molecular complexity index is 659. The number of hydrogen-bond acceptors (Lipinski definition) is 4. The summed E-state index contributed by atoms with van der Waals surface area (Å²) >= 11 is 0. The van der Waals surface area contributed by atoms with Crippen molar-refractivity contribution >= 4 is 11.6 Å². The molecule has 2 aromatic carbocycles. The molecule has 128 valence electrons. The quantitative estimate of drug-likeness (QED) is 0.809. The number of benzene rings is 2. The van der Waals surface area contributed by atoms with Crippen molar-refractivity contribution in [2.24, 2.45) is 0 Å². The summed E-state index contributed by atoms with van der Waals surface area (Å²) in [5, 5.41) is 2.89. The van der Waals surface area contributed by atoms with E-state index in [0.717, 1.165) is 35.7 Å². The van der Waals surface area contributed by atoms with E-state index in [1.54, 1.807) is 14.2 Å². The number of methoxy groups -OCH3 is 2. The van der Waals surface area contributed by atoms with Crippen LogP contribution >= 0.6 is 0 Å². The summed E-state index contributed by atoms with van der Waals surface area (Å²) < 4.78 is 10.5. The predicted octanol–water partition coefficient (Wildman–Crippen LogP) is 2.82. The van der Waals surface area contributed by atoms with E-state index in [9.17, 15) is 4.79 Å². The standard InChI is InChI=1S/C19H24N2O3/c1-21(14-19(22)20-16-7-5-4-6-8-16)12-11-15-9-10-17(23-2)18(13-15)24-3/h4-10,13H,11-12,14H2,1-3H3,(H,20,22). The Hall–Kier alpha value is -2.53. The molecule has 2 aromatic rings. The van der Waals surface area contributed by atoms with Gasteiger partial charge in [0.05, 0.1) is 20.8 Å². The molecular weight excluding hydrogens is 304 g/mol. The lowest BCUT2D eigenvalue weighted by atomic mass is 10.1. The van der Waals surface area contributed by atoms with E-state index >= 15 is 0 Å². The number of amides is 1. The van der Waals surface area contributed by atoms with Crippen molar-refractivity contribution in [1.29, 1.82) is 0 Å². The first-order valence-electron chi connectivity index (χ1n) is 7.86. The first kappa shape index (κ1) is 17.8. The van der Waals surface area contributed by atoms with Gasteiger partial charge in [0.2, 0.25) is 5.91 Å². The highest BCUT2D eigenvalue weighted by molar-refractivity contribution is 5.92. The average molecular weight is 328 g/mol. The molecule has 5 nitrogen and oxygen atoms in total. The Morgan fingerprint density at radius 1 is 1.04 bits per heavy atom. The van der Waals surface area contributed by atoms with Crippen molar-refractivity contribution in [3.63, 3.8) is 0 Å². The normalized spacial score (nSPS) is 10.5. The first-order valence-corrected chi connectivity index (χ1v) is 7.86. The van der Waals surface area contributed by atoms with Gasteiger partial charge < -0.3 is 14.8 Å². The Morgan fingerprint density at radius 2 is 1.75 bits per heavy atom. The van der Waals surface area contributed by atoms with Crippen LogP contribution in [-0.4, -0.2) is 45.2 Å². The van der Waals surface area contributed by atoms with Gasteiger partial charge in [0, 0.05) is 12.2 Å². The van der Waals surface area contributed by atoms with Gasteiger partial charge in [-0.2, -0.15) is 0 Å². The van der Waals surface area contributed by atoms with Crippen molar-refractivity contribution in [1.82, 2.24) is 4.90 Å². The summed E-state index contributed by atoms with van der Waals surface area (Å²) in [6.45, 7) is 1.12. The molecule has 1 N–H and O–H groups in total. The van der Waals surface area contributed by atoms with Crippen molar-refractivity contribution in [2.45, 2.75) is 6.42 Å².